The van der Waals surface area contributed by atoms with Crippen molar-refractivity contribution in [3.05, 3.63) is 65.7 Å². The van der Waals surface area contributed by atoms with Gasteiger partial charge in [-0.3, -0.25) is 9.36 Å². The Morgan fingerprint density at radius 2 is 1.97 bits per heavy atom. The van der Waals surface area contributed by atoms with Gasteiger partial charge in [0, 0.05) is 31.3 Å². The molecule has 32 heavy (non-hydrogen) atoms. The van der Waals surface area contributed by atoms with Gasteiger partial charge in [0.05, 0.1) is 18.4 Å². The molecule has 1 amide bonds. The minimum absolute atomic E-state index is 0.0454. The molecule has 1 aliphatic heterocycles. The fraction of sp³-hybridized carbons (Fsp3) is 0.348. The van der Waals surface area contributed by atoms with Crippen molar-refractivity contribution >= 4 is 17.7 Å². The third-order valence-corrected chi connectivity index (χ3v) is 6.30. The number of hydrogen-bond acceptors (Lipinski definition) is 5. The van der Waals surface area contributed by atoms with Crippen LogP contribution in [0.4, 0.5) is 8.78 Å². The van der Waals surface area contributed by atoms with Gasteiger partial charge in [0.1, 0.15) is 11.6 Å². The van der Waals surface area contributed by atoms with E-state index >= 15 is 0 Å². The lowest BCUT2D eigenvalue weighted by atomic mass is 10.2. The minimum Gasteiger partial charge on any atom is -0.376 e. The fourth-order valence-corrected chi connectivity index (χ4v) is 4.46. The van der Waals surface area contributed by atoms with Crippen LogP contribution in [0.3, 0.4) is 0 Å². The molecule has 168 valence electrons. The fourth-order valence-electron chi connectivity index (χ4n) is 3.57. The van der Waals surface area contributed by atoms with Crippen molar-refractivity contribution in [1.82, 2.24) is 19.7 Å². The van der Waals surface area contributed by atoms with Gasteiger partial charge in [-0.1, -0.05) is 30.0 Å². The smallest absolute Gasteiger partial charge is 0.233 e. The molecule has 0 bridgehead atoms. The highest BCUT2D eigenvalue weighted by atomic mass is 32.2. The van der Waals surface area contributed by atoms with Gasteiger partial charge in [-0.15, -0.1) is 10.2 Å². The third kappa shape index (κ3) is 5.34. The molecule has 0 saturated carbocycles. The van der Waals surface area contributed by atoms with E-state index in [1.165, 1.54) is 34.9 Å². The second-order valence-electron chi connectivity index (χ2n) is 7.69. The maximum atomic E-state index is 13.9. The van der Waals surface area contributed by atoms with Crippen molar-refractivity contribution in [2.24, 2.45) is 0 Å². The number of nitrogens with zero attached hydrogens (tertiary/aromatic N) is 4. The second-order valence-corrected chi connectivity index (χ2v) is 8.63. The molecular weight excluding hydrogens is 434 g/mol. The lowest BCUT2D eigenvalue weighted by molar-refractivity contribution is -0.127. The lowest BCUT2D eigenvalue weighted by Crippen LogP contribution is -2.28. The van der Waals surface area contributed by atoms with E-state index in [0.717, 1.165) is 25.0 Å². The number of carbonyl (C=O) groups is 1. The van der Waals surface area contributed by atoms with E-state index in [9.17, 15) is 13.6 Å². The van der Waals surface area contributed by atoms with Crippen LogP contribution in [0.2, 0.25) is 0 Å². The van der Waals surface area contributed by atoms with Gasteiger partial charge in [-0.25, -0.2) is 8.78 Å². The van der Waals surface area contributed by atoms with Crippen LogP contribution in [0.1, 0.15) is 18.4 Å². The predicted octanol–water partition coefficient (Wildman–Crippen LogP) is 4.15. The molecule has 0 radical (unpaired) electrons. The number of hydrogen-bond donors (Lipinski definition) is 0. The first-order chi connectivity index (χ1) is 15.5. The van der Waals surface area contributed by atoms with E-state index in [-0.39, 0.29) is 35.9 Å². The van der Waals surface area contributed by atoms with Crippen LogP contribution >= 0.6 is 11.8 Å². The Kier molecular flexibility index (Phi) is 7.16. The Morgan fingerprint density at radius 1 is 1.19 bits per heavy atom. The number of benzene rings is 2. The first-order valence-corrected chi connectivity index (χ1v) is 11.4. The summed E-state index contributed by atoms with van der Waals surface area (Å²) in [6.45, 7) is 1.47. The van der Waals surface area contributed by atoms with Gasteiger partial charge in [-0.2, -0.15) is 0 Å². The van der Waals surface area contributed by atoms with Crippen molar-refractivity contribution in [1.29, 1.82) is 0 Å². The zero-order valence-corrected chi connectivity index (χ0v) is 18.5. The summed E-state index contributed by atoms with van der Waals surface area (Å²) in [6.07, 6.45) is 1.99. The van der Waals surface area contributed by atoms with Crippen LogP contribution < -0.4 is 0 Å². The highest BCUT2D eigenvalue weighted by Gasteiger charge is 2.23. The highest BCUT2D eigenvalue weighted by Crippen LogP contribution is 2.27. The summed E-state index contributed by atoms with van der Waals surface area (Å²) in [6, 6.07) is 12.5. The number of ether oxygens (including phenoxy) is 1. The van der Waals surface area contributed by atoms with E-state index in [4.69, 9.17) is 4.74 Å². The van der Waals surface area contributed by atoms with E-state index < -0.39 is 0 Å². The van der Waals surface area contributed by atoms with Crippen LogP contribution in [0.5, 0.6) is 0 Å². The highest BCUT2D eigenvalue weighted by molar-refractivity contribution is 7.99. The summed E-state index contributed by atoms with van der Waals surface area (Å²) in [5.41, 5.74) is 1.21. The van der Waals surface area contributed by atoms with E-state index in [1.807, 2.05) is 4.57 Å². The third-order valence-electron chi connectivity index (χ3n) is 5.35. The van der Waals surface area contributed by atoms with Crippen LogP contribution in [0, 0.1) is 11.6 Å². The molecule has 1 aromatic heterocycles. The summed E-state index contributed by atoms with van der Waals surface area (Å²) in [4.78, 5) is 14.2. The number of rotatable bonds is 8. The van der Waals surface area contributed by atoms with Crippen LogP contribution in [-0.4, -0.2) is 51.1 Å². The van der Waals surface area contributed by atoms with Crippen LogP contribution in [-0.2, 0) is 22.6 Å². The van der Waals surface area contributed by atoms with Gasteiger partial charge in [0.15, 0.2) is 11.0 Å². The molecule has 1 aliphatic rings. The van der Waals surface area contributed by atoms with Crippen molar-refractivity contribution < 1.29 is 18.3 Å². The summed E-state index contributed by atoms with van der Waals surface area (Å²) in [5, 5.41) is 9.17. The molecule has 0 N–H and O–H groups in total. The summed E-state index contributed by atoms with van der Waals surface area (Å²) >= 11 is 1.28. The molecule has 1 fully saturated rings. The van der Waals surface area contributed by atoms with Crippen LogP contribution in [0.25, 0.3) is 11.4 Å². The maximum absolute atomic E-state index is 13.9. The topological polar surface area (TPSA) is 60.2 Å². The number of carbonyl (C=O) groups excluding carboxylic acids is 1. The van der Waals surface area contributed by atoms with Gasteiger partial charge in [0.25, 0.3) is 0 Å². The zero-order valence-electron chi connectivity index (χ0n) is 17.7. The Balaban J connectivity index is 1.48. The van der Waals surface area contributed by atoms with Crippen LogP contribution in [0.15, 0.2) is 53.7 Å². The van der Waals surface area contributed by atoms with Crippen molar-refractivity contribution in [2.45, 2.75) is 37.2 Å². The molecule has 4 rings (SSSR count). The average molecular weight is 459 g/mol. The Bertz CT molecular complexity index is 1070. The first-order valence-electron chi connectivity index (χ1n) is 10.4. The molecular formula is C23H24F2N4O2S. The minimum atomic E-state index is -0.333. The number of aromatic nitrogens is 3. The number of halogens is 2. The molecule has 9 heteroatoms. The molecule has 2 heterocycles. The van der Waals surface area contributed by atoms with E-state index in [2.05, 4.69) is 10.2 Å². The zero-order chi connectivity index (χ0) is 22.5. The normalized spacial score (nSPS) is 15.8. The second kappa shape index (κ2) is 10.2. The van der Waals surface area contributed by atoms with Gasteiger partial charge in [-0.05, 0) is 43.2 Å². The largest absolute Gasteiger partial charge is 0.376 e. The SMILES string of the molecule is CN(Cc1ccccc1F)C(=O)CSc1nnc(-c2ccc(F)cc2)n1CC1CCCO1. The van der Waals surface area contributed by atoms with Crippen molar-refractivity contribution in [3.8, 4) is 11.4 Å². The standard InChI is InChI=1S/C23H24F2N4O2S/c1-28(13-17-5-2-3-7-20(17)25)21(30)15-32-23-27-26-22(16-8-10-18(24)11-9-16)29(23)14-19-6-4-12-31-19/h2-3,5,7-11,19H,4,6,12-15H2,1H3. The molecule has 3 aromatic rings. The van der Waals surface area contributed by atoms with E-state index in [1.54, 1.807) is 37.4 Å². The predicted molar refractivity (Wildman–Crippen MR) is 118 cm³/mol. The molecule has 0 aliphatic carbocycles. The lowest BCUT2D eigenvalue weighted by Gasteiger charge is -2.18. The Hall–Kier alpha value is -2.78. The number of amides is 1. The summed E-state index contributed by atoms with van der Waals surface area (Å²) in [5.74, 6) is -0.0571. The number of thioether (sulfide) groups is 1. The van der Waals surface area contributed by atoms with Crippen molar-refractivity contribution in [2.75, 3.05) is 19.4 Å². The van der Waals surface area contributed by atoms with Gasteiger partial charge >= 0.3 is 0 Å². The molecule has 6 nitrogen and oxygen atoms in total. The summed E-state index contributed by atoms with van der Waals surface area (Å²) in [7, 11) is 1.65. The van der Waals surface area contributed by atoms with E-state index in [0.29, 0.717) is 23.1 Å². The maximum Gasteiger partial charge on any atom is 0.233 e. The molecule has 1 saturated heterocycles. The summed E-state index contributed by atoms with van der Waals surface area (Å²) < 4.78 is 35.0. The first kappa shape index (κ1) is 22.4. The molecule has 1 atom stereocenters. The molecule has 2 aromatic carbocycles. The average Bonchev–Trinajstić information content (AvgIpc) is 3.45. The van der Waals surface area contributed by atoms with Gasteiger partial charge < -0.3 is 9.64 Å². The Morgan fingerprint density at radius 3 is 2.69 bits per heavy atom. The Labute approximate surface area is 189 Å². The monoisotopic (exact) mass is 458 g/mol. The molecule has 1 unspecified atom stereocenters. The quantitative estimate of drug-likeness (QED) is 0.475. The van der Waals surface area contributed by atoms with Crippen molar-refractivity contribution in [3.63, 3.8) is 0 Å². The molecule has 0 spiro atoms. The van der Waals surface area contributed by atoms with Gasteiger partial charge in [0.2, 0.25) is 5.91 Å².